The van der Waals surface area contributed by atoms with Gasteiger partial charge in [0.1, 0.15) is 18.6 Å². The van der Waals surface area contributed by atoms with Gasteiger partial charge in [0.15, 0.2) is 0 Å². The standard InChI is InChI=1S/C22H30F3N5O6/c1-11(2)16(18(33)22(23,24)25)28-19(34)13-6-5-8-30(13)20(35)17(12(3)4)26-15(32)10-29-9-7-14(31)27-21(29)36/h7,9,11-13,16-17H,5-6,8,10H2,1-4H3,(H,26,32)(H,28,34)(H,27,31,36)/t13-,16-,17-/m0/s1. The van der Waals surface area contributed by atoms with E-state index in [0.29, 0.717) is 6.42 Å². The Morgan fingerprint density at radius 1 is 1.06 bits per heavy atom. The Morgan fingerprint density at radius 2 is 1.67 bits per heavy atom. The highest BCUT2D eigenvalue weighted by Crippen LogP contribution is 2.24. The van der Waals surface area contributed by atoms with E-state index in [2.05, 4.69) is 10.6 Å². The van der Waals surface area contributed by atoms with Crippen LogP contribution in [-0.4, -0.2) is 68.8 Å². The highest BCUT2D eigenvalue weighted by Gasteiger charge is 2.46. The topological polar surface area (TPSA) is 150 Å². The van der Waals surface area contributed by atoms with E-state index in [1.54, 1.807) is 13.8 Å². The third-order valence-corrected chi connectivity index (χ3v) is 5.82. The van der Waals surface area contributed by atoms with Crippen molar-refractivity contribution in [2.24, 2.45) is 11.8 Å². The van der Waals surface area contributed by atoms with Gasteiger partial charge in [0.05, 0.1) is 6.04 Å². The fourth-order valence-corrected chi connectivity index (χ4v) is 3.90. The highest BCUT2D eigenvalue weighted by atomic mass is 19.4. The normalized spacial score (nSPS) is 17.7. The molecule has 0 spiro atoms. The van der Waals surface area contributed by atoms with Crippen molar-refractivity contribution >= 4 is 23.5 Å². The first-order valence-electron chi connectivity index (χ1n) is 11.4. The Morgan fingerprint density at radius 3 is 2.19 bits per heavy atom. The van der Waals surface area contributed by atoms with Crippen LogP contribution in [-0.2, 0) is 25.7 Å². The van der Waals surface area contributed by atoms with Crippen LogP contribution in [0.15, 0.2) is 21.9 Å². The number of amides is 3. The zero-order valence-electron chi connectivity index (χ0n) is 20.3. The van der Waals surface area contributed by atoms with E-state index in [1.165, 1.54) is 18.7 Å². The molecular formula is C22H30F3N5O6. The number of nitrogens with one attached hydrogen (secondary N) is 3. The Labute approximate surface area is 204 Å². The summed E-state index contributed by atoms with van der Waals surface area (Å²) in [6.45, 7) is 5.68. The van der Waals surface area contributed by atoms with Gasteiger partial charge in [0.25, 0.3) is 11.3 Å². The summed E-state index contributed by atoms with van der Waals surface area (Å²) in [5.41, 5.74) is -1.45. The molecule has 2 rings (SSSR count). The van der Waals surface area contributed by atoms with E-state index in [0.717, 1.165) is 16.8 Å². The van der Waals surface area contributed by atoms with Gasteiger partial charge in [0, 0.05) is 18.8 Å². The number of aromatic nitrogens is 2. The average Bonchev–Trinajstić information content (AvgIpc) is 3.25. The number of likely N-dealkylation sites (tertiary alicyclic amines) is 1. The molecule has 1 aliphatic heterocycles. The first-order valence-corrected chi connectivity index (χ1v) is 11.4. The maximum absolute atomic E-state index is 13.3. The van der Waals surface area contributed by atoms with Crippen LogP contribution in [0.5, 0.6) is 0 Å². The molecule has 200 valence electrons. The smallest absolute Gasteiger partial charge is 0.344 e. The predicted octanol–water partition coefficient (Wildman–Crippen LogP) is -0.0594. The molecule has 0 saturated carbocycles. The summed E-state index contributed by atoms with van der Waals surface area (Å²) < 4.78 is 39.8. The number of alkyl halides is 3. The maximum atomic E-state index is 13.3. The van der Waals surface area contributed by atoms with Crippen LogP contribution in [0.1, 0.15) is 40.5 Å². The number of hydrogen-bond donors (Lipinski definition) is 3. The average molecular weight is 518 g/mol. The lowest BCUT2D eigenvalue weighted by atomic mass is 9.98. The summed E-state index contributed by atoms with van der Waals surface area (Å²) >= 11 is 0. The summed E-state index contributed by atoms with van der Waals surface area (Å²) in [7, 11) is 0. The molecule has 0 aliphatic carbocycles. The number of carbonyl (C=O) groups excluding carboxylic acids is 4. The number of carbonyl (C=O) groups is 4. The molecule has 1 aromatic heterocycles. The van der Waals surface area contributed by atoms with Gasteiger partial charge in [-0.1, -0.05) is 27.7 Å². The van der Waals surface area contributed by atoms with Crippen molar-refractivity contribution in [3.63, 3.8) is 0 Å². The van der Waals surface area contributed by atoms with Crippen molar-refractivity contribution in [1.82, 2.24) is 25.1 Å². The number of hydrogen-bond acceptors (Lipinski definition) is 6. The van der Waals surface area contributed by atoms with Gasteiger partial charge in [-0.25, -0.2) is 4.79 Å². The summed E-state index contributed by atoms with van der Waals surface area (Å²) in [4.78, 5) is 76.6. The van der Waals surface area contributed by atoms with Crippen molar-refractivity contribution in [3.8, 4) is 0 Å². The predicted molar refractivity (Wildman–Crippen MR) is 121 cm³/mol. The molecule has 0 bridgehead atoms. The van der Waals surface area contributed by atoms with Crippen molar-refractivity contribution in [2.45, 2.75) is 71.4 Å². The van der Waals surface area contributed by atoms with Crippen molar-refractivity contribution in [2.75, 3.05) is 6.54 Å². The maximum Gasteiger partial charge on any atom is 0.452 e. The summed E-state index contributed by atoms with van der Waals surface area (Å²) in [6.07, 6.45) is -3.43. The van der Waals surface area contributed by atoms with Gasteiger partial charge < -0.3 is 15.5 Å². The van der Waals surface area contributed by atoms with Crippen LogP contribution < -0.4 is 21.9 Å². The lowest BCUT2D eigenvalue weighted by molar-refractivity contribution is -0.175. The Bertz CT molecular complexity index is 1110. The van der Waals surface area contributed by atoms with Crippen LogP contribution >= 0.6 is 0 Å². The molecule has 1 fully saturated rings. The molecule has 1 aromatic rings. The number of rotatable bonds is 9. The molecule has 36 heavy (non-hydrogen) atoms. The number of ketones is 1. The van der Waals surface area contributed by atoms with Crippen LogP contribution in [0.4, 0.5) is 13.2 Å². The lowest BCUT2D eigenvalue weighted by Gasteiger charge is -2.32. The molecule has 11 nitrogen and oxygen atoms in total. The zero-order valence-corrected chi connectivity index (χ0v) is 20.3. The largest absolute Gasteiger partial charge is 0.452 e. The molecule has 1 saturated heterocycles. The monoisotopic (exact) mass is 517 g/mol. The van der Waals surface area contributed by atoms with E-state index in [4.69, 9.17) is 0 Å². The lowest BCUT2D eigenvalue weighted by Crippen LogP contribution is -2.58. The SMILES string of the molecule is CC(C)[C@H](NC(=O)Cn1ccc(=O)[nH]c1=O)C(=O)N1CCC[C@H]1C(=O)N[C@H](C(=O)C(F)(F)F)C(C)C. The van der Waals surface area contributed by atoms with Gasteiger partial charge >= 0.3 is 11.9 Å². The van der Waals surface area contributed by atoms with E-state index in [-0.39, 0.29) is 13.0 Å². The number of nitrogens with zero attached hydrogens (tertiary/aromatic N) is 2. The minimum absolute atomic E-state index is 0.134. The van der Waals surface area contributed by atoms with Crippen molar-refractivity contribution < 1.29 is 32.3 Å². The third kappa shape index (κ3) is 7.04. The minimum atomic E-state index is -5.13. The number of halogens is 3. The van der Waals surface area contributed by atoms with E-state index >= 15 is 0 Å². The van der Waals surface area contributed by atoms with E-state index in [1.807, 2.05) is 4.98 Å². The second-order valence-corrected chi connectivity index (χ2v) is 9.31. The Kier molecular flexibility index (Phi) is 9.21. The van der Waals surface area contributed by atoms with Crippen LogP contribution in [0.25, 0.3) is 0 Å². The van der Waals surface area contributed by atoms with Gasteiger partial charge in [-0.3, -0.25) is 33.5 Å². The van der Waals surface area contributed by atoms with Gasteiger partial charge in [-0.15, -0.1) is 0 Å². The highest BCUT2D eigenvalue weighted by molar-refractivity contribution is 5.96. The molecule has 0 unspecified atom stereocenters. The molecule has 3 N–H and O–H groups in total. The second kappa shape index (κ2) is 11.5. The number of H-pyrrole nitrogens is 1. The second-order valence-electron chi connectivity index (χ2n) is 9.31. The minimum Gasteiger partial charge on any atom is -0.344 e. The first-order chi connectivity index (χ1) is 16.6. The fraction of sp³-hybridized carbons (Fsp3) is 0.636. The zero-order chi connectivity index (χ0) is 27.4. The van der Waals surface area contributed by atoms with E-state index in [9.17, 15) is 41.9 Å². The van der Waals surface area contributed by atoms with Crippen molar-refractivity contribution in [3.05, 3.63) is 33.1 Å². The van der Waals surface area contributed by atoms with E-state index < -0.39 is 77.4 Å². The third-order valence-electron chi connectivity index (χ3n) is 5.82. The van der Waals surface area contributed by atoms with Crippen LogP contribution in [0, 0.1) is 11.8 Å². The molecule has 0 aromatic carbocycles. The van der Waals surface area contributed by atoms with Crippen LogP contribution in [0.3, 0.4) is 0 Å². The molecule has 3 atom stereocenters. The molecular weight excluding hydrogens is 487 g/mol. The summed E-state index contributed by atoms with van der Waals surface area (Å²) in [5.74, 6) is -5.56. The van der Waals surface area contributed by atoms with Gasteiger partial charge in [-0.2, -0.15) is 13.2 Å². The molecule has 14 heteroatoms. The van der Waals surface area contributed by atoms with Gasteiger partial charge in [-0.05, 0) is 24.7 Å². The number of Topliss-reactive ketones (excluding diaryl/α,β-unsaturated/α-hetero) is 1. The fourth-order valence-electron chi connectivity index (χ4n) is 3.90. The molecule has 0 radical (unpaired) electrons. The molecule has 2 heterocycles. The van der Waals surface area contributed by atoms with Crippen molar-refractivity contribution in [1.29, 1.82) is 0 Å². The van der Waals surface area contributed by atoms with Crippen LogP contribution in [0.2, 0.25) is 0 Å². The molecule has 1 aliphatic rings. The summed E-state index contributed by atoms with van der Waals surface area (Å²) in [5, 5.41) is 4.67. The Hall–Kier alpha value is -3.45. The number of aromatic amines is 1. The Balaban J connectivity index is 2.16. The molecule has 3 amide bonds. The summed E-state index contributed by atoms with van der Waals surface area (Å²) in [6, 6.07) is -2.95. The quantitative estimate of drug-likeness (QED) is 0.418. The van der Waals surface area contributed by atoms with Gasteiger partial charge in [0.2, 0.25) is 17.7 Å². The first kappa shape index (κ1) is 28.8.